The number of nitrogens with zero attached hydrogens (tertiary/aromatic N) is 2. The number of aryl methyl sites for hydroxylation is 1. The third kappa shape index (κ3) is 4.75. The average Bonchev–Trinajstić information content (AvgIpc) is 3.46. The topological polar surface area (TPSA) is 90.4 Å². The molecule has 3 aromatic rings. The summed E-state index contributed by atoms with van der Waals surface area (Å²) in [7, 11) is 0. The summed E-state index contributed by atoms with van der Waals surface area (Å²) < 4.78 is 0. The van der Waals surface area contributed by atoms with Gasteiger partial charge in [0.2, 0.25) is 0 Å². The third-order valence-electron chi connectivity index (χ3n) is 7.07. The van der Waals surface area contributed by atoms with E-state index in [2.05, 4.69) is 30.3 Å². The summed E-state index contributed by atoms with van der Waals surface area (Å²) in [4.78, 5) is 15.0. The summed E-state index contributed by atoms with van der Waals surface area (Å²) in [5, 5.41) is 19.3. The maximum Gasteiger partial charge on any atom is 0.253 e. The van der Waals surface area contributed by atoms with Crippen molar-refractivity contribution in [1.82, 2.24) is 4.90 Å². The summed E-state index contributed by atoms with van der Waals surface area (Å²) in [6, 6.07) is 24.0. The molecule has 1 heterocycles. The Morgan fingerprint density at radius 2 is 1.71 bits per heavy atom. The van der Waals surface area contributed by atoms with Gasteiger partial charge in [-0.05, 0) is 84.2 Å². The van der Waals surface area contributed by atoms with Crippen molar-refractivity contribution in [2.75, 3.05) is 13.1 Å². The molecule has 1 aliphatic carbocycles. The Bertz CT molecular complexity index is 1240. The van der Waals surface area contributed by atoms with Crippen LogP contribution in [0.4, 0.5) is 0 Å². The van der Waals surface area contributed by atoms with Crippen molar-refractivity contribution in [3.8, 4) is 28.3 Å². The van der Waals surface area contributed by atoms with E-state index in [0.717, 1.165) is 54.4 Å². The van der Waals surface area contributed by atoms with E-state index >= 15 is 0 Å². The Kier molecular flexibility index (Phi) is 5.95. The smallest absolute Gasteiger partial charge is 0.253 e. The molecule has 1 amide bonds. The number of carbonyl (C=O) groups excluding carboxylic acids is 1. The van der Waals surface area contributed by atoms with Crippen molar-refractivity contribution < 1.29 is 9.90 Å². The molecule has 5 nitrogen and oxygen atoms in total. The van der Waals surface area contributed by atoms with Gasteiger partial charge in [-0.15, -0.1) is 0 Å². The van der Waals surface area contributed by atoms with E-state index in [-0.39, 0.29) is 11.9 Å². The highest BCUT2D eigenvalue weighted by molar-refractivity contribution is 5.98. The van der Waals surface area contributed by atoms with Crippen LogP contribution in [0.1, 0.15) is 47.2 Å². The SMILES string of the molecule is N#Cc1ccc(-c2cc(C(=O)N3CC[C@H](N)C3)ccc2-c2ccc(CCC3(O)CC3)cc2)cc1. The Morgan fingerprint density at radius 3 is 2.32 bits per heavy atom. The van der Waals surface area contributed by atoms with Crippen LogP contribution in [-0.2, 0) is 6.42 Å². The Morgan fingerprint density at radius 1 is 1.03 bits per heavy atom. The number of likely N-dealkylation sites (tertiary alicyclic amines) is 1. The number of rotatable bonds is 6. The van der Waals surface area contributed by atoms with Gasteiger partial charge < -0.3 is 15.7 Å². The number of carbonyl (C=O) groups is 1. The van der Waals surface area contributed by atoms with Gasteiger partial charge in [-0.3, -0.25) is 4.79 Å². The summed E-state index contributed by atoms with van der Waals surface area (Å²) in [5.74, 6) is 0.00255. The molecule has 34 heavy (non-hydrogen) atoms. The zero-order valence-corrected chi connectivity index (χ0v) is 19.2. The Balaban J connectivity index is 1.47. The van der Waals surface area contributed by atoms with Crippen LogP contribution in [0.2, 0.25) is 0 Å². The second-order valence-corrected chi connectivity index (χ2v) is 9.67. The molecule has 1 saturated carbocycles. The van der Waals surface area contributed by atoms with E-state index in [1.165, 1.54) is 5.56 Å². The molecule has 0 bridgehead atoms. The third-order valence-corrected chi connectivity index (χ3v) is 7.07. The van der Waals surface area contributed by atoms with Crippen LogP contribution in [0.25, 0.3) is 22.3 Å². The minimum Gasteiger partial charge on any atom is -0.390 e. The number of nitriles is 1. The molecule has 0 unspecified atom stereocenters. The number of amides is 1. The zero-order chi connectivity index (χ0) is 23.7. The van der Waals surface area contributed by atoms with Crippen LogP contribution >= 0.6 is 0 Å². The number of hydrogen-bond acceptors (Lipinski definition) is 4. The van der Waals surface area contributed by atoms with E-state index in [0.29, 0.717) is 24.2 Å². The van der Waals surface area contributed by atoms with Crippen molar-refractivity contribution in [3.05, 3.63) is 83.4 Å². The van der Waals surface area contributed by atoms with Crippen LogP contribution in [0.15, 0.2) is 66.7 Å². The van der Waals surface area contributed by atoms with E-state index in [1.54, 1.807) is 12.1 Å². The summed E-state index contributed by atoms with van der Waals surface area (Å²) in [6.45, 7) is 1.27. The number of hydrogen-bond donors (Lipinski definition) is 2. The number of nitrogens with two attached hydrogens (primary N) is 1. The minimum atomic E-state index is -0.441. The van der Waals surface area contributed by atoms with E-state index in [9.17, 15) is 15.2 Å². The van der Waals surface area contributed by atoms with Crippen LogP contribution in [0.5, 0.6) is 0 Å². The van der Waals surface area contributed by atoms with E-state index < -0.39 is 5.60 Å². The molecule has 5 rings (SSSR count). The molecule has 2 aliphatic rings. The molecule has 3 N–H and O–H groups in total. The van der Waals surface area contributed by atoms with Gasteiger partial charge in [-0.1, -0.05) is 42.5 Å². The molecule has 3 aromatic carbocycles. The predicted molar refractivity (Wildman–Crippen MR) is 133 cm³/mol. The molecule has 5 heteroatoms. The van der Waals surface area contributed by atoms with Crippen LogP contribution in [0.3, 0.4) is 0 Å². The Labute approximate surface area is 200 Å². The van der Waals surface area contributed by atoms with Crippen molar-refractivity contribution in [3.63, 3.8) is 0 Å². The highest BCUT2D eigenvalue weighted by Gasteiger charge is 2.39. The number of aliphatic hydroxyl groups is 1. The van der Waals surface area contributed by atoms with Crippen molar-refractivity contribution in [2.45, 2.75) is 43.7 Å². The molecular weight excluding hydrogens is 422 g/mol. The second kappa shape index (κ2) is 9.06. The maximum absolute atomic E-state index is 13.1. The first-order valence-electron chi connectivity index (χ1n) is 12.0. The lowest BCUT2D eigenvalue weighted by molar-refractivity contribution is 0.0791. The Hall–Kier alpha value is -3.46. The molecule has 0 radical (unpaired) electrons. The lowest BCUT2D eigenvalue weighted by atomic mass is 9.91. The van der Waals surface area contributed by atoms with Crippen LogP contribution in [0, 0.1) is 11.3 Å². The average molecular weight is 452 g/mol. The van der Waals surface area contributed by atoms with Gasteiger partial charge in [0, 0.05) is 24.7 Å². The summed E-state index contributed by atoms with van der Waals surface area (Å²) in [6.07, 6.45) is 4.32. The summed E-state index contributed by atoms with van der Waals surface area (Å²) in [5.41, 5.74) is 12.0. The molecule has 0 spiro atoms. The van der Waals surface area contributed by atoms with Gasteiger partial charge in [0.25, 0.3) is 5.91 Å². The first-order chi connectivity index (χ1) is 16.4. The first-order valence-corrected chi connectivity index (χ1v) is 12.0. The molecule has 172 valence electrons. The quantitative estimate of drug-likeness (QED) is 0.576. The predicted octanol–water partition coefficient (Wildman–Crippen LogP) is 4.52. The van der Waals surface area contributed by atoms with Gasteiger partial charge in [0.05, 0.1) is 17.2 Å². The maximum atomic E-state index is 13.1. The van der Waals surface area contributed by atoms with Crippen molar-refractivity contribution in [2.24, 2.45) is 5.73 Å². The highest BCUT2D eigenvalue weighted by atomic mass is 16.3. The van der Waals surface area contributed by atoms with Gasteiger partial charge >= 0.3 is 0 Å². The fraction of sp³-hybridized carbons (Fsp3) is 0.310. The van der Waals surface area contributed by atoms with Crippen LogP contribution < -0.4 is 5.73 Å². The first kappa shape index (κ1) is 22.3. The monoisotopic (exact) mass is 451 g/mol. The van der Waals surface area contributed by atoms with Crippen molar-refractivity contribution >= 4 is 5.91 Å². The fourth-order valence-electron chi connectivity index (χ4n) is 4.67. The second-order valence-electron chi connectivity index (χ2n) is 9.67. The zero-order valence-electron chi connectivity index (χ0n) is 19.2. The molecule has 1 aliphatic heterocycles. The lowest BCUT2D eigenvalue weighted by Crippen LogP contribution is -2.31. The molecular formula is C29H29N3O2. The standard InChI is InChI=1S/C29H29N3O2/c30-18-21-3-7-23(8-4-21)27-17-24(28(33)32-16-12-25(31)19-32)9-10-26(27)22-5-1-20(2-6-22)11-13-29(34)14-15-29/h1-10,17,25,34H,11-16,19,31H2/t25-/m0/s1. The number of benzene rings is 3. The molecule has 0 aromatic heterocycles. The minimum absolute atomic E-state index is 0.00255. The molecule has 2 fully saturated rings. The van der Waals surface area contributed by atoms with Crippen LogP contribution in [-0.4, -0.2) is 40.6 Å². The normalized spacial score (nSPS) is 18.5. The van der Waals surface area contributed by atoms with E-state index in [4.69, 9.17) is 5.73 Å². The van der Waals surface area contributed by atoms with Crippen molar-refractivity contribution in [1.29, 1.82) is 5.26 Å². The van der Waals surface area contributed by atoms with E-state index in [1.807, 2.05) is 35.2 Å². The fourth-order valence-corrected chi connectivity index (χ4v) is 4.67. The summed E-state index contributed by atoms with van der Waals surface area (Å²) >= 11 is 0. The largest absolute Gasteiger partial charge is 0.390 e. The van der Waals surface area contributed by atoms with Gasteiger partial charge in [0.1, 0.15) is 0 Å². The molecule has 1 saturated heterocycles. The van der Waals surface area contributed by atoms with Gasteiger partial charge in [-0.2, -0.15) is 5.26 Å². The molecule has 1 atom stereocenters. The van der Waals surface area contributed by atoms with Gasteiger partial charge in [-0.25, -0.2) is 0 Å². The highest BCUT2D eigenvalue weighted by Crippen LogP contribution is 2.39. The van der Waals surface area contributed by atoms with Gasteiger partial charge in [0.15, 0.2) is 0 Å². The lowest BCUT2D eigenvalue weighted by Gasteiger charge is -2.18.